The molecule has 0 saturated carbocycles. The summed E-state index contributed by atoms with van der Waals surface area (Å²) >= 11 is 11.9. The Hall–Kier alpha value is -1.45. The Balaban J connectivity index is 1.89. The minimum absolute atomic E-state index is 0.0717. The van der Waals surface area contributed by atoms with Crippen molar-refractivity contribution >= 4 is 29.0 Å². The Morgan fingerprint density at radius 2 is 1.95 bits per heavy atom. The largest absolute Gasteiger partial charge is 0.491 e. The van der Waals surface area contributed by atoms with Crippen LogP contribution < -0.4 is 10.1 Å². The van der Waals surface area contributed by atoms with Crippen LogP contribution in [0.4, 0.5) is 5.82 Å². The lowest BCUT2D eigenvalue weighted by Gasteiger charge is -2.16. The number of nitrogens with one attached hydrogen (secondary N) is 1. The van der Waals surface area contributed by atoms with Crippen LogP contribution in [0.2, 0.25) is 10.0 Å². The zero-order valence-electron chi connectivity index (χ0n) is 11.4. The Labute approximate surface area is 128 Å². The molecule has 0 aliphatic rings. The molecule has 0 radical (unpaired) electrons. The van der Waals surface area contributed by atoms with E-state index in [0.717, 1.165) is 5.75 Å². The van der Waals surface area contributed by atoms with Crippen molar-refractivity contribution in [3.8, 4) is 5.75 Å². The van der Waals surface area contributed by atoms with Crippen molar-refractivity contribution in [2.75, 3.05) is 11.9 Å². The van der Waals surface area contributed by atoms with E-state index in [1.165, 1.54) is 5.56 Å². The molecule has 3 nitrogen and oxygen atoms in total. The Kier molecular flexibility index (Phi) is 5.10. The average Bonchev–Trinajstić information content (AvgIpc) is 2.41. The summed E-state index contributed by atoms with van der Waals surface area (Å²) in [5.74, 6) is 1.45. The highest BCUT2D eigenvalue weighted by atomic mass is 35.5. The molecule has 0 amide bonds. The van der Waals surface area contributed by atoms with Gasteiger partial charge in [-0.05, 0) is 32.0 Å². The molecule has 0 saturated heterocycles. The molecule has 20 heavy (non-hydrogen) atoms. The van der Waals surface area contributed by atoms with Crippen molar-refractivity contribution in [1.82, 2.24) is 4.98 Å². The van der Waals surface area contributed by atoms with Gasteiger partial charge < -0.3 is 10.1 Å². The molecule has 1 unspecified atom stereocenters. The summed E-state index contributed by atoms with van der Waals surface area (Å²) in [7, 11) is 0. The van der Waals surface area contributed by atoms with Crippen LogP contribution in [0.25, 0.3) is 0 Å². The molecule has 0 bridgehead atoms. The van der Waals surface area contributed by atoms with Gasteiger partial charge in [-0.3, -0.25) is 0 Å². The normalized spacial score (nSPS) is 12.0. The number of aryl methyl sites for hydroxylation is 1. The Morgan fingerprint density at radius 3 is 2.60 bits per heavy atom. The van der Waals surface area contributed by atoms with Gasteiger partial charge in [0.2, 0.25) is 0 Å². The number of aromatic nitrogens is 1. The van der Waals surface area contributed by atoms with Crippen LogP contribution in [0.3, 0.4) is 0 Å². The van der Waals surface area contributed by atoms with E-state index in [-0.39, 0.29) is 6.04 Å². The van der Waals surface area contributed by atoms with Gasteiger partial charge in [0.1, 0.15) is 18.2 Å². The minimum Gasteiger partial charge on any atom is -0.491 e. The fourth-order valence-corrected chi connectivity index (χ4v) is 2.09. The maximum atomic E-state index is 6.06. The maximum absolute atomic E-state index is 6.06. The standard InChI is InChI=1S/C15H16Cl2N2O/c1-10-3-5-13(6-4-10)20-9-11(2)19-15-14(17)7-12(16)8-18-15/h3-8,11H,9H2,1-2H3,(H,18,19). The first kappa shape index (κ1) is 14.9. The zero-order chi connectivity index (χ0) is 14.5. The molecule has 1 heterocycles. The average molecular weight is 311 g/mol. The van der Waals surface area contributed by atoms with Crippen LogP contribution >= 0.6 is 23.2 Å². The molecule has 0 aliphatic heterocycles. The zero-order valence-corrected chi connectivity index (χ0v) is 12.9. The van der Waals surface area contributed by atoms with E-state index in [1.807, 2.05) is 38.1 Å². The monoisotopic (exact) mass is 310 g/mol. The summed E-state index contributed by atoms with van der Waals surface area (Å²) in [6.07, 6.45) is 1.56. The van der Waals surface area contributed by atoms with E-state index >= 15 is 0 Å². The van der Waals surface area contributed by atoms with Crippen molar-refractivity contribution in [3.63, 3.8) is 0 Å². The first-order chi connectivity index (χ1) is 9.54. The molecular weight excluding hydrogens is 295 g/mol. The number of pyridine rings is 1. The molecule has 5 heteroatoms. The van der Waals surface area contributed by atoms with Crippen LogP contribution in [0.5, 0.6) is 5.75 Å². The smallest absolute Gasteiger partial charge is 0.145 e. The lowest BCUT2D eigenvalue weighted by atomic mass is 10.2. The van der Waals surface area contributed by atoms with Crippen molar-refractivity contribution in [1.29, 1.82) is 0 Å². The van der Waals surface area contributed by atoms with E-state index in [1.54, 1.807) is 12.3 Å². The van der Waals surface area contributed by atoms with Gasteiger partial charge in [0.15, 0.2) is 0 Å². The number of hydrogen-bond acceptors (Lipinski definition) is 3. The molecule has 1 aromatic carbocycles. The SMILES string of the molecule is Cc1ccc(OCC(C)Nc2ncc(Cl)cc2Cl)cc1. The lowest BCUT2D eigenvalue weighted by molar-refractivity contribution is 0.303. The minimum atomic E-state index is 0.0717. The highest BCUT2D eigenvalue weighted by Crippen LogP contribution is 2.23. The number of hydrogen-bond donors (Lipinski definition) is 1. The molecular formula is C15H16Cl2N2O. The van der Waals surface area contributed by atoms with Gasteiger partial charge >= 0.3 is 0 Å². The van der Waals surface area contributed by atoms with E-state index in [2.05, 4.69) is 10.3 Å². The second-order valence-electron chi connectivity index (χ2n) is 4.65. The van der Waals surface area contributed by atoms with Gasteiger partial charge in [0.05, 0.1) is 16.1 Å². The van der Waals surface area contributed by atoms with E-state index < -0.39 is 0 Å². The highest BCUT2D eigenvalue weighted by Gasteiger charge is 2.08. The molecule has 106 valence electrons. The van der Waals surface area contributed by atoms with Gasteiger partial charge in [-0.15, -0.1) is 0 Å². The first-order valence-electron chi connectivity index (χ1n) is 6.31. The van der Waals surface area contributed by atoms with Crippen LogP contribution in [-0.4, -0.2) is 17.6 Å². The van der Waals surface area contributed by atoms with Crippen LogP contribution in [0, 0.1) is 6.92 Å². The Bertz CT molecular complexity index is 573. The summed E-state index contributed by atoms with van der Waals surface area (Å²) < 4.78 is 5.70. The highest BCUT2D eigenvalue weighted by molar-refractivity contribution is 6.35. The van der Waals surface area contributed by atoms with E-state index in [4.69, 9.17) is 27.9 Å². The predicted molar refractivity (Wildman–Crippen MR) is 84.0 cm³/mol. The number of nitrogens with zero attached hydrogens (tertiary/aromatic N) is 1. The molecule has 1 N–H and O–H groups in total. The number of rotatable bonds is 5. The van der Waals surface area contributed by atoms with Gasteiger partial charge in [0.25, 0.3) is 0 Å². The topological polar surface area (TPSA) is 34.1 Å². The van der Waals surface area contributed by atoms with Crippen molar-refractivity contribution in [2.45, 2.75) is 19.9 Å². The fourth-order valence-electron chi connectivity index (χ4n) is 1.65. The quantitative estimate of drug-likeness (QED) is 0.878. The summed E-state index contributed by atoms with van der Waals surface area (Å²) in [4.78, 5) is 4.15. The van der Waals surface area contributed by atoms with Gasteiger partial charge in [0, 0.05) is 6.20 Å². The molecule has 2 rings (SSSR count). The van der Waals surface area contributed by atoms with Gasteiger partial charge in [-0.1, -0.05) is 40.9 Å². The molecule has 1 aromatic heterocycles. The summed E-state index contributed by atoms with van der Waals surface area (Å²) in [5.41, 5.74) is 1.21. The third kappa shape index (κ3) is 4.29. The predicted octanol–water partition coefficient (Wildman–Crippen LogP) is 4.58. The van der Waals surface area contributed by atoms with E-state index in [0.29, 0.717) is 22.5 Å². The fraction of sp³-hybridized carbons (Fsp3) is 0.267. The third-order valence-electron chi connectivity index (χ3n) is 2.71. The molecule has 0 aliphatic carbocycles. The molecule has 1 atom stereocenters. The van der Waals surface area contributed by atoms with Crippen LogP contribution in [-0.2, 0) is 0 Å². The summed E-state index contributed by atoms with van der Waals surface area (Å²) in [6, 6.07) is 9.68. The van der Waals surface area contributed by atoms with Crippen molar-refractivity contribution in [3.05, 3.63) is 52.1 Å². The molecule has 0 spiro atoms. The number of anilines is 1. The summed E-state index contributed by atoms with van der Waals surface area (Å²) in [6.45, 7) is 4.56. The first-order valence-corrected chi connectivity index (χ1v) is 7.07. The maximum Gasteiger partial charge on any atom is 0.145 e. The third-order valence-corrected chi connectivity index (χ3v) is 3.21. The van der Waals surface area contributed by atoms with Crippen LogP contribution in [0.1, 0.15) is 12.5 Å². The number of halogens is 2. The number of ether oxygens (including phenoxy) is 1. The summed E-state index contributed by atoms with van der Waals surface area (Å²) in [5, 5.41) is 4.21. The molecule has 2 aromatic rings. The Morgan fingerprint density at radius 1 is 1.25 bits per heavy atom. The second-order valence-corrected chi connectivity index (χ2v) is 5.50. The van der Waals surface area contributed by atoms with Gasteiger partial charge in [-0.25, -0.2) is 4.98 Å². The second kappa shape index (κ2) is 6.82. The van der Waals surface area contributed by atoms with Crippen molar-refractivity contribution in [2.24, 2.45) is 0 Å². The number of benzene rings is 1. The van der Waals surface area contributed by atoms with Crippen molar-refractivity contribution < 1.29 is 4.74 Å². The van der Waals surface area contributed by atoms with Gasteiger partial charge in [-0.2, -0.15) is 0 Å². The lowest BCUT2D eigenvalue weighted by Crippen LogP contribution is -2.24. The van der Waals surface area contributed by atoms with Crippen LogP contribution in [0.15, 0.2) is 36.5 Å². The van der Waals surface area contributed by atoms with E-state index in [9.17, 15) is 0 Å². The molecule has 0 fully saturated rings.